The molecule has 1 amide bonds. The summed E-state index contributed by atoms with van der Waals surface area (Å²) in [4.78, 5) is 25.2. The molecule has 24 heavy (non-hydrogen) atoms. The number of benzene rings is 2. The first kappa shape index (κ1) is 16.1. The highest BCUT2D eigenvalue weighted by molar-refractivity contribution is 6.30. The van der Waals surface area contributed by atoms with Gasteiger partial charge in [0.2, 0.25) is 5.43 Å². The summed E-state index contributed by atoms with van der Waals surface area (Å²) in [5.41, 5.74) is 0.937. The van der Waals surface area contributed by atoms with Gasteiger partial charge in [0.25, 0.3) is 5.91 Å². The summed E-state index contributed by atoms with van der Waals surface area (Å²) < 4.78 is 7.01. The Kier molecular flexibility index (Phi) is 4.27. The fourth-order valence-electron chi connectivity index (χ4n) is 2.59. The quantitative estimate of drug-likeness (QED) is 0.793. The first-order valence-corrected chi connectivity index (χ1v) is 7.62. The van der Waals surface area contributed by atoms with E-state index in [-0.39, 0.29) is 11.0 Å². The van der Waals surface area contributed by atoms with Crippen molar-refractivity contribution in [3.63, 3.8) is 0 Å². The van der Waals surface area contributed by atoms with Crippen LogP contribution < -0.4 is 15.5 Å². The number of nitrogens with zero attached hydrogens (tertiary/aromatic N) is 1. The number of hydrogen-bond acceptors (Lipinski definition) is 3. The number of ether oxygens (including phenoxy) is 1. The predicted molar refractivity (Wildman–Crippen MR) is 95.1 cm³/mol. The summed E-state index contributed by atoms with van der Waals surface area (Å²) in [6, 6.07) is 11.9. The number of para-hydroxylation sites is 1. The molecule has 0 bridgehead atoms. The fourth-order valence-corrected chi connectivity index (χ4v) is 2.72. The largest absolute Gasteiger partial charge is 0.495 e. The van der Waals surface area contributed by atoms with Crippen molar-refractivity contribution in [1.82, 2.24) is 4.57 Å². The maximum Gasteiger partial charge on any atom is 0.261 e. The van der Waals surface area contributed by atoms with E-state index >= 15 is 0 Å². The summed E-state index contributed by atoms with van der Waals surface area (Å²) in [7, 11) is 3.31. The molecule has 0 fully saturated rings. The average molecular weight is 343 g/mol. The van der Waals surface area contributed by atoms with Gasteiger partial charge in [-0.15, -0.1) is 0 Å². The predicted octanol–water partition coefficient (Wildman–Crippen LogP) is 3.45. The number of amides is 1. The van der Waals surface area contributed by atoms with Gasteiger partial charge in [-0.2, -0.15) is 0 Å². The monoisotopic (exact) mass is 342 g/mol. The topological polar surface area (TPSA) is 60.3 Å². The summed E-state index contributed by atoms with van der Waals surface area (Å²) >= 11 is 5.83. The van der Waals surface area contributed by atoms with Crippen LogP contribution >= 0.6 is 11.6 Å². The minimum absolute atomic E-state index is 0.0632. The Morgan fingerprint density at radius 3 is 2.54 bits per heavy atom. The number of aryl methyl sites for hydroxylation is 1. The molecule has 6 heteroatoms. The standard InChI is InChI=1S/C18H15ClN2O3/c1-21-10-14(18(23)20-12-8-6-11(19)7-9-12)17(22)13-4-3-5-15(24-2)16(13)21/h3-10H,1-2H3,(H,20,23). The smallest absolute Gasteiger partial charge is 0.261 e. The number of carbonyl (C=O) groups excluding carboxylic acids is 1. The second-order valence-electron chi connectivity index (χ2n) is 5.30. The third-order valence-electron chi connectivity index (χ3n) is 3.73. The number of fused-ring (bicyclic) bond motifs is 1. The van der Waals surface area contributed by atoms with Crippen LogP contribution in [-0.2, 0) is 7.05 Å². The molecule has 0 atom stereocenters. The molecular weight excluding hydrogens is 328 g/mol. The van der Waals surface area contributed by atoms with Crippen LogP contribution in [0, 0.1) is 0 Å². The molecule has 3 aromatic rings. The second kappa shape index (κ2) is 6.37. The molecule has 0 spiro atoms. The molecule has 0 aliphatic heterocycles. The lowest BCUT2D eigenvalue weighted by molar-refractivity contribution is 0.102. The highest BCUT2D eigenvalue weighted by atomic mass is 35.5. The van der Waals surface area contributed by atoms with Crippen molar-refractivity contribution in [3.8, 4) is 5.75 Å². The Morgan fingerprint density at radius 2 is 1.88 bits per heavy atom. The lowest BCUT2D eigenvalue weighted by atomic mass is 10.1. The number of rotatable bonds is 3. The Hall–Kier alpha value is -2.79. The number of methoxy groups -OCH3 is 1. The zero-order valence-corrected chi connectivity index (χ0v) is 13.9. The molecule has 1 heterocycles. The summed E-state index contributed by atoms with van der Waals surface area (Å²) in [5, 5.41) is 3.71. The van der Waals surface area contributed by atoms with E-state index in [9.17, 15) is 9.59 Å². The van der Waals surface area contributed by atoms with E-state index in [1.165, 1.54) is 6.20 Å². The Labute approximate surface area is 143 Å². The van der Waals surface area contributed by atoms with Crippen molar-refractivity contribution in [1.29, 1.82) is 0 Å². The van der Waals surface area contributed by atoms with Crippen LogP contribution in [0.5, 0.6) is 5.75 Å². The highest BCUT2D eigenvalue weighted by Crippen LogP contribution is 2.23. The van der Waals surface area contributed by atoms with Crippen molar-refractivity contribution in [3.05, 3.63) is 69.5 Å². The fraction of sp³-hybridized carbons (Fsp3) is 0.111. The Morgan fingerprint density at radius 1 is 1.17 bits per heavy atom. The molecule has 0 unspecified atom stereocenters. The number of anilines is 1. The van der Waals surface area contributed by atoms with Crippen LogP contribution in [0.15, 0.2) is 53.5 Å². The van der Waals surface area contributed by atoms with Crippen LogP contribution in [0.25, 0.3) is 10.9 Å². The summed E-state index contributed by atoms with van der Waals surface area (Å²) in [6.07, 6.45) is 1.51. The van der Waals surface area contributed by atoms with E-state index < -0.39 is 5.91 Å². The molecule has 0 aliphatic rings. The van der Waals surface area contributed by atoms with Gasteiger partial charge >= 0.3 is 0 Å². The number of carbonyl (C=O) groups is 1. The number of aromatic nitrogens is 1. The lowest BCUT2D eigenvalue weighted by Gasteiger charge is -2.12. The van der Waals surface area contributed by atoms with Gasteiger partial charge in [-0.1, -0.05) is 17.7 Å². The normalized spacial score (nSPS) is 10.6. The lowest BCUT2D eigenvalue weighted by Crippen LogP contribution is -2.23. The zero-order valence-electron chi connectivity index (χ0n) is 13.2. The number of nitrogens with one attached hydrogen (secondary N) is 1. The molecule has 0 aliphatic carbocycles. The number of pyridine rings is 1. The van der Waals surface area contributed by atoms with Gasteiger partial charge in [0, 0.05) is 24.0 Å². The van der Waals surface area contributed by atoms with E-state index in [1.54, 1.807) is 61.2 Å². The van der Waals surface area contributed by atoms with Crippen molar-refractivity contribution in [2.75, 3.05) is 12.4 Å². The average Bonchev–Trinajstić information content (AvgIpc) is 2.59. The van der Waals surface area contributed by atoms with Gasteiger partial charge in [-0.3, -0.25) is 9.59 Å². The zero-order chi connectivity index (χ0) is 17.3. The van der Waals surface area contributed by atoms with E-state index in [4.69, 9.17) is 16.3 Å². The molecule has 0 saturated heterocycles. The Balaban J connectivity index is 2.07. The van der Waals surface area contributed by atoms with Gasteiger partial charge in [-0.05, 0) is 36.4 Å². The third-order valence-corrected chi connectivity index (χ3v) is 3.98. The molecule has 0 saturated carbocycles. The van der Waals surface area contributed by atoms with Crippen LogP contribution in [0.2, 0.25) is 5.02 Å². The molecule has 0 radical (unpaired) electrons. The van der Waals surface area contributed by atoms with Crippen molar-refractivity contribution in [2.24, 2.45) is 7.05 Å². The van der Waals surface area contributed by atoms with Crippen LogP contribution in [0.4, 0.5) is 5.69 Å². The molecular formula is C18H15ClN2O3. The van der Waals surface area contributed by atoms with E-state index in [0.29, 0.717) is 27.4 Å². The molecule has 1 N–H and O–H groups in total. The van der Waals surface area contributed by atoms with Crippen LogP contribution in [0.3, 0.4) is 0 Å². The molecule has 5 nitrogen and oxygen atoms in total. The van der Waals surface area contributed by atoms with E-state index in [0.717, 1.165) is 0 Å². The van der Waals surface area contributed by atoms with Crippen molar-refractivity contribution >= 4 is 34.1 Å². The van der Waals surface area contributed by atoms with Gasteiger partial charge in [0.15, 0.2) is 0 Å². The second-order valence-corrected chi connectivity index (χ2v) is 5.74. The molecule has 2 aromatic carbocycles. The summed E-state index contributed by atoms with van der Waals surface area (Å²) in [5.74, 6) is 0.111. The van der Waals surface area contributed by atoms with Crippen molar-refractivity contribution < 1.29 is 9.53 Å². The molecule has 1 aromatic heterocycles. The molecule has 122 valence electrons. The van der Waals surface area contributed by atoms with Crippen LogP contribution in [-0.4, -0.2) is 17.6 Å². The van der Waals surface area contributed by atoms with E-state index in [2.05, 4.69) is 5.32 Å². The maximum absolute atomic E-state index is 12.7. The van der Waals surface area contributed by atoms with Crippen LogP contribution in [0.1, 0.15) is 10.4 Å². The third kappa shape index (κ3) is 2.86. The van der Waals surface area contributed by atoms with Gasteiger partial charge in [-0.25, -0.2) is 0 Å². The van der Waals surface area contributed by atoms with Gasteiger partial charge in [0.1, 0.15) is 11.3 Å². The summed E-state index contributed by atoms with van der Waals surface area (Å²) in [6.45, 7) is 0. The molecule has 3 rings (SSSR count). The highest BCUT2D eigenvalue weighted by Gasteiger charge is 2.16. The minimum Gasteiger partial charge on any atom is -0.495 e. The number of halogens is 1. The maximum atomic E-state index is 12.7. The number of hydrogen-bond donors (Lipinski definition) is 1. The van der Waals surface area contributed by atoms with E-state index in [1.807, 2.05) is 0 Å². The Bertz CT molecular complexity index is 978. The van der Waals surface area contributed by atoms with Gasteiger partial charge in [0.05, 0.1) is 18.0 Å². The SMILES string of the molecule is COc1cccc2c(=O)c(C(=O)Nc3ccc(Cl)cc3)cn(C)c12. The first-order valence-electron chi connectivity index (χ1n) is 7.24. The van der Waals surface area contributed by atoms with Gasteiger partial charge < -0.3 is 14.6 Å². The van der Waals surface area contributed by atoms with Crippen molar-refractivity contribution in [2.45, 2.75) is 0 Å². The minimum atomic E-state index is -0.470. The first-order chi connectivity index (χ1) is 11.5.